The van der Waals surface area contributed by atoms with Gasteiger partial charge in [-0.05, 0) is 19.8 Å². The molecular weight excluding hydrogens is 536 g/mol. The number of rotatable bonds is 32. The third-order valence-electron chi connectivity index (χ3n) is 7.99. The Morgan fingerprint density at radius 2 is 0.465 bits per heavy atom. The summed E-state index contributed by atoms with van der Waals surface area (Å²) >= 11 is 0. The molecule has 43 heavy (non-hydrogen) atoms. The average Bonchev–Trinajstić information content (AvgIpc) is 2.97. The lowest BCUT2D eigenvalue weighted by Gasteiger charge is -2.03. The lowest BCUT2D eigenvalue weighted by molar-refractivity contribution is -0.138. The van der Waals surface area contributed by atoms with Crippen LogP contribution in [0.3, 0.4) is 0 Å². The predicted molar refractivity (Wildman–Crippen MR) is 187 cm³/mol. The van der Waals surface area contributed by atoms with Gasteiger partial charge in [0.2, 0.25) is 0 Å². The van der Waals surface area contributed by atoms with Crippen LogP contribution in [0.1, 0.15) is 226 Å². The van der Waals surface area contributed by atoms with E-state index in [4.69, 9.17) is 15.3 Å². The number of hydrogen-bond acceptors (Lipinski definition) is 3. The molecule has 0 aliphatic rings. The van der Waals surface area contributed by atoms with Crippen molar-refractivity contribution in [2.75, 3.05) is 6.61 Å². The Hall–Kier alpha value is -1.10. The summed E-state index contributed by atoms with van der Waals surface area (Å²) in [7, 11) is 0. The van der Waals surface area contributed by atoms with Gasteiger partial charge in [0, 0.05) is 19.4 Å². The fraction of sp³-hybridized carbons (Fsp3) is 0.947. The van der Waals surface area contributed by atoms with Gasteiger partial charge in [0.1, 0.15) is 0 Å². The van der Waals surface area contributed by atoms with Crippen LogP contribution in [0.2, 0.25) is 0 Å². The molecule has 0 aliphatic carbocycles. The molecule has 0 radical (unpaired) electrons. The van der Waals surface area contributed by atoms with Crippen molar-refractivity contribution in [1.82, 2.24) is 0 Å². The molecule has 0 unspecified atom stereocenters. The first kappa shape index (κ1) is 46.3. The summed E-state index contributed by atoms with van der Waals surface area (Å²) in [4.78, 5) is 20.7. The number of hydrogen-bond donors (Lipinski definition) is 3. The summed E-state index contributed by atoms with van der Waals surface area (Å²) in [5, 5.41) is 24.6. The Morgan fingerprint density at radius 3 is 0.605 bits per heavy atom. The highest BCUT2D eigenvalue weighted by Crippen LogP contribution is 2.15. The molecular formula is C38H78O5. The van der Waals surface area contributed by atoms with Gasteiger partial charge in [-0.1, -0.05) is 194 Å². The molecule has 260 valence electrons. The Labute approximate surface area is 269 Å². The molecule has 0 atom stereocenters. The largest absolute Gasteiger partial charge is 0.481 e. The van der Waals surface area contributed by atoms with Gasteiger partial charge in [-0.15, -0.1) is 0 Å². The first-order valence-corrected chi connectivity index (χ1v) is 19.0. The van der Waals surface area contributed by atoms with Crippen LogP contribution in [0.15, 0.2) is 0 Å². The quantitative estimate of drug-likeness (QED) is 0.0655. The molecule has 0 saturated carbocycles. The second kappa shape index (κ2) is 45.3. The lowest BCUT2D eigenvalue weighted by Crippen LogP contribution is -1.93. The van der Waals surface area contributed by atoms with E-state index in [1.807, 2.05) is 0 Å². The molecule has 0 rings (SSSR count). The van der Waals surface area contributed by atoms with E-state index in [9.17, 15) is 9.59 Å². The monoisotopic (exact) mass is 615 g/mol. The van der Waals surface area contributed by atoms with Gasteiger partial charge < -0.3 is 15.3 Å². The van der Waals surface area contributed by atoms with Crippen molar-refractivity contribution in [3.8, 4) is 0 Å². The van der Waals surface area contributed by atoms with Crippen LogP contribution in [0.4, 0.5) is 0 Å². The number of carbonyl (C=O) groups is 2. The average molecular weight is 615 g/mol. The second-order valence-corrected chi connectivity index (χ2v) is 12.5. The van der Waals surface area contributed by atoms with Crippen molar-refractivity contribution in [1.29, 1.82) is 0 Å². The van der Waals surface area contributed by atoms with Gasteiger partial charge in [0.05, 0.1) is 0 Å². The molecule has 3 N–H and O–H groups in total. The number of carboxylic acid groups (broad SMARTS) is 2. The maximum atomic E-state index is 10.3. The van der Waals surface area contributed by atoms with E-state index in [0.29, 0.717) is 12.8 Å². The van der Waals surface area contributed by atoms with E-state index in [1.165, 1.54) is 167 Å². The number of carboxylic acids is 2. The first-order chi connectivity index (χ1) is 21.0. The highest BCUT2D eigenvalue weighted by Gasteiger charge is 1.98. The molecule has 5 nitrogen and oxygen atoms in total. The van der Waals surface area contributed by atoms with Crippen LogP contribution in [-0.4, -0.2) is 33.9 Å². The molecule has 0 fully saturated rings. The van der Waals surface area contributed by atoms with E-state index in [0.717, 1.165) is 25.7 Å². The van der Waals surface area contributed by atoms with Crippen molar-refractivity contribution in [3.05, 3.63) is 0 Å². The summed E-state index contributed by atoms with van der Waals surface area (Å²) in [5.74, 6) is -1.31. The number of aliphatic hydroxyl groups is 1. The minimum atomic E-state index is -0.653. The lowest BCUT2D eigenvalue weighted by atomic mass is 10.0. The Balaban J connectivity index is -0.000000681. The Morgan fingerprint density at radius 1 is 0.326 bits per heavy atom. The summed E-state index contributed by atoms with van der Waals surface area (Å²) in [6.45, 7) is 6.47. The maximum Gasteiger partial charge on any atom is 0.303 e. The van der Waals surface area contributed by atoms with Crippen LogP contribution in [0.25, 0.3) is 0 Å². The van der Waals surface area contributed by atoms with Crippen LogP contribution in [0.5, 0.6) is 0 Å². The Kier molecular flexibility index (Phi) is 48.8. The third kappa shape index (κ3) is 57.2. The van der Waals surface area contributed by atoms with Crippen molar-refractivity contribution in [2.24, 2.45) is 0 Å². The summed E-state index contributed by atoms with van der Waals surface area (Å²) < 4.78 is 0. The van der Waals surface area contributed by atoms with Gasteiger partial charge in [-0.25, -0.2) is 0 Å². The smallest absolute Gasteiger partial charge is 0.303 e. The molecule has 0 aromatic carbocycles. The van der Waals surface area contributed by atoms with Gasteiger partial charge in [-0.3, -0.25) is 9.59 Å². The molecule has 0 aliphatic heterocycles. The number of aliphatic hydroxyl groups excluding tert-OH is 1. The van der Waals surface area contributed by atoms with Crippen LogP contribution < -0.4 is 0 Å². The van der Waals surface area contributed by atoms with E-state index < -0.39 is 11.9 Å². The highest BCUT2D eigenvalue weighted by molar-refractivity contribution is 5.66. The van der Waals surface area contributed by atoms with Gasteiger partial charge in [-0.2, -0.15) is 0 Å². The van der Waals surface area contributed by atoms with Gasteiger partial charge in [0.25, 0.3) is 0 Å². The van der Waals surface area contributed by atoms with E-state index in [2.05, 4.69) is 13.8 Å². The topological polar surface area (TPSA) is 94.8 Å². The van der Waals surface area contributed by atoms with E-state index in [1.54, 1.807) is 6.92 Å². The zero-order valence-corrected chi connectivity index (χ0v) is 29.5. The SMILES string of the molecule is CCCCCCCCCCCCCCCCCC(=O)O.CCCCCCCCCCCCCCCCCC(=O)O.CCO. The molecule has 0 aromatic rings. The summed E-state index contributed by atoms with van der Waals surface area (Å²) in [6, 6.07) is 0. The van der Waals surface area contributed by atoms with Crippen LogP contribution >= 0.6 is 0 Å². The van der Waals surface area contributed by atoms with Crippen molar-refractivity contribution < 1.29 is 24.9 Å². The molecule has 0 saturated heterocycles. The molecule has 0 amide bonds. The fourth-order valence-electron chi connectivity index (χ4n) is 5.30. The third-order valence-corrected chi connectivity index (χ3v) is 7.99. The van der Waals surface area contributed by atoms with Crippen LogP contribution in [-0.2, 0) is 9.59 Å². The Bertz CT molecular complexity index is 465. The first-order valence-electron chi connectivity index (χ1n) is 19.0. The predicted octanol–water partition coefficient (Wildman–Crippen LogP) is 12.7. The number of aliphatic carboxylic acids is 2. The summed E-state index contributed by atoms with van der Waals surface area (Å²) in [6.07, 6.45) is 40.4. The molecule has 0 spiro atoms. The summed E-state index contributed by atoms with van der Waals surface area (Å²) in [5.41, 5.74) is 0. The molecule has 0 aromatic heterocycles. The van der Waals surface area contributed by atoms with Gasteiger partial charge in [0.15, 0.2) is 0 Å². The highest BCUT2D eigenvalue weighted by atomic mass is 16.4. The van der Waals surface area contributed by atoms with Gasteiger partial charge >= 0.3 is 11.9 Å². The second-order valence-electron chi connectivity index (χ2n) is 12.5. The van der Waals surface area contributed by atoms with Crippen molar-refractivity contribution >= 4 is 11.9 Å². The van der Waals surface area contributed by atoms with Crippen molar-refractivity contribution in [3.63, 3.8) is 0 Å². The fourth-order valence-corrected chi connectivity index (χ4v) is 5.30. The minimum Gasteiger partial charge on any atom is -0.481 e. The molecule has 5 heteroatoms. The van der Waals surface area contributed by atoms with E-state index >= 15 is 0 Å². The zero-order valence-electron chi connectivity index (χ0n) is 29.5. The van der Waals surface area contributed by atoms with Crippen molar-refractivity contribution in [2.45, 2.75) is 226 Å². The maximum absolute atomic E-state index is 10.3. The molecule has 0 heterocycles. The normalized spacial score (nSPS) is 10.5. The minimum absolute atomic E-state index is 0.250. The molecule has 0 bridgehead atoms. The van der Waals surface area contributed by atoms with Crippen LogP contribution in [0, 0.1) is 0 Å². The standard InChI is InChI=1S/2C18H36O2.C2H6O/c2*1-2-3-4-5-6-7-8-9-10-11-12-13-14-15-16-17-18(19)20;1-2-3/h2*2-17H2,1H3,(H,19,20);3H,2H2,1H3. The zero-order chi connectivity index (χ0) is 32.5. The van der Waals surface area contributed by atoms with E-state index in [-0.39, 0.29) is 6.61 Å². The number of unbranched alkanes of at least 4 members (excludes halogenated alkanes) is 28.